The molecule has 0 saturated carbocycles. The fourth-order valence-corrected chi connectivity index (χ4v) is 3.04. The number of hydrogen-bond acceptors (Lipinski definition) is 4. The van der Waals surface area contributed by atoms with Crippen LogP contribution in [0.5, 0.6) is 0 Å². The zero-order valence-corrected chi connectivity index (χ0v) is 17.2. The zero-order valence-electron chi connectivity index (χ0n) is 15.6. The van der Waals surface area contributed by atoms with E-state index >= 15 is 0 Å². The molecule has 6 heteroatoms. The maximum Gasteiger partial charge on any atom is 0.338 e. The Morgan fingerprint density at radius 3 is 2.14 bits per heavy atom. The van der Waals surface area contributed by atoms with E-state index < -0.39 is 5.97 Å². The van der Waals surface area contributed by atoms with Gasteiger partial charge in [0.2, 0.25) is 0 Å². The van der Waals surface area contributed by atoms with E-state index in [0.717, 1.165) is 5.56 Å². The second-order valence-electron chi connectivity index (χ2n) is 6.38. The average molecular weight is 452 g/mol. The van der Waals surface area contributed by atoms with E-state index in [2.05, 4.69) is 21.2 Å². The summed E-state index contributed by atoms with van der Waals surface area (Å²) in [7, 11) is 0. The first-order valence-corrected chi connectivity index (χ1v) is 9.66. The van der Waals surface area contributed by atoms with Crippen LogP contribution in [0.3, 0.4) is 0 Å². The van der Waals surface area contributed by atoms with E-state index in [4.69, 9.17) is 4.74 Å². The van der Waals surface area contributed by atoms with Gasteiger partial charge in [0.05, 0.1) is 11.1 Å². The number of benzene rings is 3. The van der Waals surface area contributed by atoms with Gasteiger partial charge < -0.3 is 10.1 Å². The molecule has 1 amide bonds. The molecule has 0 unspecified atom stereocenters. The van der Waals surface area contributed by atoms with Crippen molar-refractivity contribution in [3.05, 3.63) is 99.5 Å². The van der Waals surface area contributed by atoms with Gasteiger partial charge in [-0.3, -0.25) is 9.59 Å². The normalized spacial score (nSPS) is 10.3. The maximum absolute atomic E-state index is 12.3. The Kier molecular flexibility index (Phi) is 6.57. The standard InChI is InChI=1S/C23H18BrNO4/c1-15-6-8-16(9-7-15)21(26)14-29-23(28)17-10-12-18(13-11-17)25-22(27)19-4-2-3-5-20(19)24/h2-13H,14H2,1H3,(H,25,27). The molecule has 1 N–H and O–H groups in total. The summed E-state index contributed by atoms with van der Waals surface area (Å²) in [6, 6.07) is 20.4. The number of halogens is 1. The van der Waals surface area contributed by atoms with Gasteiger partial charge >= 0.3 is 5.97 Å². The number of carbonyl (C=O) groups excluding carboxylic acids is 3. The van der Waals surface area contributed by atoms with Crippen molar-refractivity contribution in [1.29, 1.82) is 0 Å². The molecule has 3 aromatic carbocycles. The lowest BCUT2D eigenvalue weighted by Crippen LogP contribution is -2.15. The lowest BCUT2D eigenvalue weighted by molar-refractivity contribution is 0.0475. The first kappa shape index (κ1) is 20.5. The quantitative estimate of drug-likeness (QED) is 0.420. The Bertz CT molecular complexity index is 1040. The van der Waals surface area contributed by atoms with Crippen molar-refractivity contribution >= 4 is 39.3 Å². The topological polar surface area (TPSA) is 72.5 Å². The smallest absolute Gasteiger partial charge is 0.338 e. The Morgan fingerprint density at radius 2 is 1.48 bits per heavy atom. The van der Waals surface area contributed by atoms with Crippen molar-refractivity contribution in [3.8, 4) is 0 Å². The highest BCUT2D eigenvalue weighted by atomic mass is 79.9. The second-order valence-corrected chi connectivity index (χ2v) is 7.23. The first-order chi connectivity index (χ1) is 13.9. The van der Waals surface area contributed by atoms with Crippen molar-refractivity contribution in [2.24, 2.45) is 0 Å². The molecule has 0 aliphatic heterocycles. The molecule has 0 saturated heterocycles. The lowest BCUT2D eigenvalue weighted by atomic mass is 10.1. The zero-order chi connectivity index (χ0) is 20.8. The van der Waals surface area contributed by atoms with Crippen molar-refractivity contribution in [3.63, 3.8) is 0 Å². The van der Waals surface area contributed by atoms with Crippen LogP contribution < -0.4 is 5.32 Å². The average Bonchev–Trinajstić information content (AvgIpc) is 2.73. The predicted molar refractivity (Wildman–Crippen MR) is 114 cm³/mol. The molecule has 0 bridgehead atoms. The van der Waals surface area contributed by atoms with Gasteiger partial charge in [-0.25, -0.2) is 4.79 Å². The van der Waals surface area contributed by atoms with Gasteiger partial charge in [-0.1, -0.05) is 42.0 Å². The molecule has 0 aliphatic carbocycles. The summed E-state index contributed by atoms with van der Waals surface area (Å²) < 4.78 is 5.79. The summed E-state index contributed by atoms with van der Waals surface area (Å²) in [5.74, 6) is -1.14. The minimum absolute atomic E-state index is 0.267. The van der Waals surface area contributed by atoms with Crippen LogP contribution in [0.1, 0.15) is 36.6 Å². The number of hydrogen-bond donors (Lipinski definition) is 1. The van der Waals surface area contributed by atoms with Crippen LogP contribution in [0.15, 0.2) is 77.3 Å². The Labute approximate surface area is 176 Å². The SMILES string of the molecule is Cc1ccc(C(=O)COC(=O)c2ccc(NC(=O)c3ccccc3Br)cc2)cc1. The number of Topliss-reactive ketones (excluding diaryl/α,β-unsaturated/α-hetero) is 1. The summed E-state index contributed by atoms with van der Waals surface area (Å²) in [5.41, 5.74) is 2.88. The van der Waals surface area contributed by atoms with Crippen LogP contribution in [-0.4, -0.2) is 24.3 Å². The number of anilines is 1. The lowest BCUT2D eigenvalue weighted by Gasteiger charge is -2.08. The van der Waals surface area contributed by atoms with Crippen molar-refractivity contribution in [1.82, 2.24) is 0 Å². The van der Waals surface area contributed by atoms with E-state index in [9.17, 15) is 14.4 Å². The summed E-state index contributed by atoms with van der Waals surface area (Å²) in [4.78, 5) is 36.6. The van der Waals surface area contributed by atoms with Crippen LogP contribution >= 0.6 is 15.9 Å². The number of nitrogens with one attached hydrogen (secondary N) is 1. The third-order valence-electron chi connectivity index (χ3n) is 4.20. The molecular formula is C23H18BrNO4. The molecule has 29 heavy (non-hydrogen) atoms. The maximum atomic E-state index is 12.3. The number of amides is 1. The highest BCUT2D eigenvalue weighted by Crippen LogP contribution is 2.18. The number of ketones is 1. The summed E-state index contributed by atoms with van der Waals surface area (Å²) in [5, 5.41) is 2.77. The highest BCUT2D eigenvalue weighted by Gasteiger charge is 2.13. The number of rotatable bonds is 6. The molecule has 0 heterocycles. The van der Waals surface area contributed by atoms with Crippen LogP contribution in [0.2, 0.25) is 0 Å². The van der Waals surface area contributed by atoms with Gasteiger partial charge in [0.1, 0.15) is 0 Å². The van der Waals surface area contributed by atoms with E-state index in [1.165, 1.54) is 12.1 Å². The van der Waals surface area contributed by atoms with Gasteiger partial charge in [0.25, 0.3) is 5.91 Å². The largest absolute Gasteiger partial charge is 0.454 e. The minimum atomic E-state index is -0.603. The van der Waals surface area contributed by atoms with Crippen molar-refractivity contribution in [2.45, 2.75) is 6.92 Å². The monoisotopic (exact) mass is 451 g/mol. The van der Waals surface area contributed by atoms with Gasteiger partial charge in [-0.05, 0) is 59.3 Å². The van der Waals surface area contributed by atoms with Gasteiger partial charge in [0, 0.05) is 15.7 Å². The molecule has 0 radical (unpaired) electrons. The number of aryl methyl sites for hydroxylation is 1. The van der Waals surface area contributed by atoms with Crippen LogP contribution in [-0.2, 0) is 4.74 Å². The summed E-state index contributed by atoms with van der Waals surface area (Å²) in [6.07, 6.45) is 0. The van der Waals surface area contributed by atoms with E-state index in [1.807, 2.05) is 25.1 Å². The molecule has 0 atom stereocenters. The molecule has 3 aromatic rings. The second kappa shape index (κ2) is 9.30. The van der Waals surface area contributed by atoms with E-state index in [1.54, 1.807) is 42.5 Å². The third kappa shape index (κ3) is 5.39. The fraction of sp³-hybridized carbons (Fsp3) is 0.0870. The molecule has 3 rings (SSSR count). The molecule has 0 spiro atoms. The summed E-state index contributed by atoms with van der Waals surface area (Å²) in [6.45, 7) is 1.60. The Balaban J connectivity index is 1.57. The summed E-state index contributed by atoms with van der Waals surface area (Å²) >= 11 is 3.34. The Morgan fingerprint density at radius 1 is 0.862 bits per heavy atom. The van der Waals surface area contributed by atoms with Crippen LogP contribution in [0, 0.1) is 6.92 Å². The predicted octanol–water partition coefficient (Wildman–Crippen LogP) is 5.05. The number of carbonyl (C=O) groups is 3. The Hall–Kier alpha value is -3.25. The number of esters is 1. The first-order valence-electron chi connectivity index (χ1n) is 8.87. The molecular weight excluding hydrogens is 434 g/mol. The van der Waals surface area contributed by atoms with E-state index in [-0.39, 0.29) is 18.3 Å². The van der Waals surface area contributed by atoms with Crippen molar-refractivity contribution in [2.75, 3.05) is 11.9 Å². The number of ether oxygens (including phenoxy) is 1. The van der Waals surface area contributed by atoms with Gasteiger partial charge in [0.15, 0.2) is 12.4 Å². The molecule has 5 nitrogen and oxygen atoms in total. The van der Waals surface area contributed by atoms with Crippen LogP contribution in [0.25, 0.3) is 0 Å². The van der Waals surface area contributed by atoms with E-state index in [0.29, 0.717) is 26.9 Å². The fourth-order valence-electron chi connectivity index (χ4n) is 2.57. The molecule has 0 aromatic heterocycles. The van der Waals surface area contributed by atoms with Gasteiger partial charge in [-0.2, -0.15) is 0 Å². The molecule has 146 valence electrons. The van der Waals surface area contributed by atoms with Crippen molar-refractivity contribution < 1.29 is 19.1 Å². The molecule has 0 fully saturated rings. The molecule has 0 aliphatic rings. The van der Waals surface area contributed by atoms with Crippen LogP contribution in [0.4, 0.5) is 5.69 Å². The highest BCUT2D eigenvalue weighted by molar-refractivity contribution is 9.10. The third-order valence-corrected chi connectivity index (χ3v) is 4.90. The van der Waals surface area contributed by atoms with Gasteiger partial charge in [-0.15, -0.1) is 0 Å². The minimum Gasteiger partial charge on any atom is -0.454 e.